The van der Waals surface area contributed by atoms with E-state index in [1.807, 2.05) is 9.80 Å². The number of amides is 2. The summed E-state index contributed by atoms with van der Waals surface area (Å²) < 4.78 is 0. The van der Waals surface area contributed by atoms with E-state index in [0.717, 1.165) is 95.1 Å². The van der Waals surface area contributed by atoms with Gasteiger partial charge in [0.1, 0.15) is 0 Å². The summed E-state index contributed by atoms with van der Waals surface area (Å²) in [5, 5.41) is 0. The molecule has 2 atom stereocenters. The number of benzene rings is 2. The standard InChI is InChI=1S/C50H64N2O2S2/c1-7-13-17-35(11-5)33-51-47(43-31-29-41(55-43)39-25-21-37(22-26-39)19-15-9-3)45-46(49(51)53)48(52(50(45)54)34-36(12-6)18-14-8-2)44-32-30-42(56-44)40-27-23-38(24-28-40)20-16-10-4/h21-32,35-36H,7-20,33-34H2,1-6H3. The number of unbranched alkanes of at least 4 members (excludes halogenated alkanes) is 4. The lowest BCUT2D eigenvalue weighted by molar-refractivity contribution is -0.124. The zero-order chi connectivity index (χ0) is 39.6. The highest BCUT2D eigenvalue weighted by Gasteiger charge is 2.50. The first kappa shape index (κ1) is 41.9. The van der Waals surface area contributed by atoms with E-state index in [-0.39, 0.29) is 11.8 Å². The summed E-state index contributed by atoms with van der Waals surface area (Å²) >= 11 is 3.42. The number of carbonyl (C=O) groups excluding carboxylic acids is 2. The molecule has 0 saturated heterocycles. The SMILES string of the molecule is CCCCc1ccc(-c2ccc(C3=C4C(=O)N(CC(CC)CCCC)C(c5ccc(-c6ccc(CCCC)cc6)s5)=C4C(=O)N3CC(CC)CCCC)s2)cc1. The van der Waals surface area contributed by atoms with Crippen LogP contribution in [0.25, 0.3) is 32.3 Å². The Morgan fingerprint density at radius 1 is 0.464 bits per heavy atom. The van der Waals surface area contributed by atoms with Gasteiger partial charge in [0.25, 0.3) is 11.8 Å². The van der Waals surface area contributed by atoms with Crippen LogP contribution in [0.15, 0.2) is 83.9 Å². The van der Waals surface area contributed by atoms with Gasteiger partial charge in [0.05, 0.1) is 32.3 Å². The summed E-state index contributed by atoms with van der Waals surface area (Å²) in [6.07, 6.45) is 15.6. The van der Waals surface area contributed by atoms with Gasteiger partial charge >= 0.3 is 0 Å². The third-order valence-corrected chi connectivity index (χ3v) is 14.2. The summed E-state index contributed by atoms with van der Waals surface area (Å²) in [6.45, 7) is 14.7. The molecular weight excluding hydrogens is 725 g/mol. The van der Waals surface area contributed by atoms with Crippen LogP contribution in [0.5, 0.6) is 0 Å². The molecule has 0 saturated carbocycles. The predicted molar refractivity (Wildman–Crippen MR) is 241 cm³/mol. The van der Waals surface area contributed by atoms with Crippen molar-refractivity contribution >= 4 is 45.9 Å². The van der Waals surface area contributed by atoms with Crippen LogP contribution < -0.4 is 0 Å². The van der Waals surface area contributed by atoms with E-state index in [9.17, 15) is 0 Å². The molecule has 298 valence electrons. The molecule has 0 fully saturated rings. The molecule has 2 amide bonds. The summed E-state index contributed by atoms with van der Waals surface area (Å²) in [4.78, 5) is 38.6. The second-order valence-corrected chi connectivity index (χ2v) is 18.2. The molecule has 2 unspecified atom stereocenters. The monoisotopic (exact) mass is 788 g/mol. The molecule has 6 heteroatoms. The fourth-order valence-electron chi connectivity index (χ4n) is 8.28. The summed E-state index contributed by atoms with van der Waals surface area (Å²) in [6, 6.07) is 26.6. The lowest BCUT2D eigenvalue weighted by atomic mass is 9.98. The van der Waals surface area contributed by atoms with Crippen molar-refractivity contribution in [3.05, 3.63) is 105 Å². The number of hydrogen-bond acceptors (Lipinski definition) is 4. The van der Waals surface area contributed by atoms with E-state index in [1.54, 1.807) is 22.7 Å². The summed E-state index contributed by atoms with van der Waals surface area (Å²) in [7, 11) is 0. The maximum atomic E-state index is 15.2. The van der Waals surface area contributed by atoms with Crippen LogP contribution in [0.3, 0.4) is 0 Å². The molecule has 2 aliphatic heterocycles. The lowest BCUT2D eigenvalue weighted by Gasteiger charge is -2.29. The quantitative estimate of drug-likeness (QED) is 0.0796. The average molecular weight is 789 g/mol. The zero-order valence-electron chi connectivity index (χ0n) is 34.9. The molecule has 2 aromatic carbocycles. The van der Waals surface area contributed by atoms with Gasteiger partial charge in [0.15, 0.2) is 0 Å². The highest BCUT2D eigenvalue weighted by atomic mass is 32.1. The van der Waals surface area contributed by atoms with Crippen molar-refractivity contribution in [2.75, 3.05) is 13.1 Å². The first-order chi connectivity index (χ1) is 27.3. The Labute approximate surface area is 345 Å². The third-order valence-electron chi connectivity index (χ3n) is 11.9. The predicted octanol–water partition coefficient (Wildman–Crippen LogP) is 14.1. The van der Waals surface area contributed by atoms with Gasteiger partial charge in [-0.2, -0.15) is 0 Å². The van der Waals surface area contributed by atoms with Gasteiger partial charge in [0.2, 0.25) is 0 Å². The smallest absolute Gasteiger partial charge is 0.261 e. The molecule has 2 aliphatic rings. The van der Waals surface area contributed by atoms with E-state index >= 15 is 9.59 Å². The van der Waals surface area contributed by atoms with Crippen LogP contribution in [0.2, 0.25) is 0 Å². The Kier molecular flexibility index (Phi) is 15.0. The van der Waals surface area contributed by atoms with Crippen LogP contribution >= 0.6 is 22.7 Å². The number of thiophene rings is 2. The molecule has 4 heterocycles. The largest absolute Gasteiger partial charge is 0.306 e. The number of carbonyl (C=O) groups is 2. The molecule has 0 N–H and O–H groups in total. The second kappa shape index (κ2) is 20.1. The van der Waals surface area contributed by atoms with Gasteiger partial charge in [-0.25, -0.2) is 0 Å². The first-order valence-corrected chi connectivity index (χ1v) is 23.5. The van der Waals surface area contributed by atoms with Crippen molar-refractivity contribution in [3.63, 3.8) is 0 Å². The van der Waals surface area contributed by atoms with Gasteiger partial charge in [-0.1, -0.05) is 141 Å². The zero-order valence-corrected chi connectivity index (χ0v) is 36.6. The molecule has 0 bridgehead atoms. The van der Waals surface area contributed by atoms with Crippen molar-refractivity contribution in [3.8, 4) is 20.9 Å². The minimum Gasteiger partial charge on any atom is -0.306 e. The van der Waals surface area contributed by atoms with Crippen LogP contribution in [-0.2, 0) is 22.4 Å². The Balaban J connectivity index is 1.46. The number of aryl methyl sites for hydroxylation is 2. The maximum Gasteiger partial charge on any atom is 0.261 e. The van der Waals surface area contributed by atoms with E-state index in [2.05, 4.69) is 114 Å². The van der Waals surface area contributed by atoms with Gasteiger partial charge in [-0.15, -0.1) is 22.7 Å². The first-order valence-electron chi connectivity index (χ1n) is 21.9. The van der Waals surface area contributed by atoms with Crippen molar-refractivity contribution in [2.24, 2.45) is 11.8 Å². The van der Waals surface area contributed by atoms with Crippen molar-refractivity contribution in [1.29, 1.82) is 0 Å². The van der Waals surface area contributed by atoms with Crippen LogP contribution in [0, 0.1) is 11.8 Å². The molecule has 6 rings (SSSR count). The van der Waals surface area contributed by atoms with Crippen molar-refractivity contribution < 1.29 is 9.59 Å². The van der Waals surface area contributed by atoms with E-state index in [1.165, 1.54) is 47.9 Å². The molecule has 4 nitrogen and oxygen atoms in total. The fourth-order valence-corrected chi connectivity index (χ4v) is 10.4. The Morgan fingerprint density at radius 2 is 0.821 bits per heavy atom. The average Bonchev–Trinajstić information content (AvgIpc) is 4.02. The minimum absolute atomic E-state index is 0.0112. The normalized spacial score (nSPS) is 15.5. The van der Waals surface area contributed by atoms with Gasteiger partial charge in [-0.05, 0) is 96.9 Å². The van der Waals surface area contributed by atoms with Gasteiger partial charge in [-0.3, -0.25) is 9.59 Å². The molecule has 0 spiro atoms. The third kappa shape index (κ3) is 9.34. The minimum atomic E-state index is -0.0112. The Bertz CT molecular complexity index is 1840. The fraction of sp³-hybridized carbons (Fsp3) is 0.480. The highest BCUT2D eigenvalue weighted by Crippen LogP contribution is 2.50. The molecule has 0 radical (unpaired) electrons. The molecule has 4 aromatic rings. The van der Waals surface area contributed by atoms with Crippen LogP contribution in [0.4, 0.5) is 0 Å². The number of hydrogen-bond donors (Lipinski definition) is 0. The lowest BCUT2D eigenvalue weighted by Crippen LogP contribution is -2.34. The van der Waals surface area contributed by atoms with Gasteiger partial charge in [0, 0.05) is 22.8 Å². The van der Waals surface area contributed by atoms with E-state index in [4.69, 9.17) is 0 Å². The van der Waals surface area contributed by atoms with Crippen LogP contribution in [0.1, 0.15) is 139 Å². The number of fused-ring (bicyclic) bond motifs is 1. The highest BCUT2D eigenvalue weighted by molar-refractivity contribution is 7.17. The number of nitrogens with zero attached hydrogens (tertiary/aromatic N) is 2. The molecular formula is C50H64N2O2S2. The number of rotatable bonds is 22. The summed E-state index contributed by atoms with van der Waals surface area (Å²) in [5.74, 6) is 0.711. The summed E-state index contributed by atoms with van der Waals surface area (Å²) in [5.41, 5.74) is 7.96. The second-order valence-electron chi connectivity index (χ2n) is 16.0. The van der Waals surface area contributed by atoms with E-state index in [0.29, 0.717) is 36.1 Å². The maximum absolute atomic E-state index is 15.2. The Morgan fingerprint density at radius 3 is 1.16 bits per heavy atom. The topological polar surface area (TPSA) is 40.6 Å². The Hall–Kier alpha value is -3.74. The van der Waals surface area contributed by atoms with Crippen molar-refractivity contribution in [2.45, 2.75) is 131 Å². The molecule has 2 aromatic heterocycles. The molecule has 0 aliphatic carbocycles. The van der Waals surface area contributed by atoms with Crippen molar-refractivity contribution in [1.82, 2.24) is 9.80 Å². The van der Waals surface area contributed by atoms with E-state index < -0.39 is 0 Å². The van der Waals surface area contributed by atoms with Gasteiger partial charge < -0.3 is 9.80 Å². The van der Waals surface area contributed by atoms with Crippen LogP contribution in [-0.4, -0.2) is 34.7 Å². The molecule has 56 heavy (non-hydrogen) atoms.